The van der Waals surface area contributed by atoms with Crippen LogP contribution in [-0.2, 0) is 19.4 Å². The zero-order chi connectivity index (χ0) is 15.8. The Kier molecular flexibility index (Phi) is 9.16. The van der Waals surface area contributed by atoms with Gasteiger partial charge in [0.1, 0.15) is 5.82 Å². The topological polar surface area (TPSA) is 36.4 Å². The largest absolute Gasteiger partial charge is 0.356 e. The molecule has 0 aliphatic rings. The molecule has 0 aliphatic heterocycles. The maximum Gasteiger partial charge on any atom is 0.191 e. The molecule has 126 valence electrons. The molecule has 0 fully saturated rings. The van der Waals surface area contributed by atoms with Crippen LogP contribution < -0.4 is 10.6 Å². The number of thiophene rings is 1. The van der Waals surface area contributed by atoms with Crippen LogP contribution in [-0.4, -0.2) is 19.6 Å². The van der Waals surface area contributed by atoms with E-state index >= 15 is 0 Å². The molecule has 0 amide bonds. The van der Waals surface area contributed by atoms with Crippen LogP contribution in [0.1, 0.15) is 22.2 Å². The molecule has 0 bridgehead atoms. The Morgan fingerprint density at radius 2 is 1.87 bits per heavy atom. The molecule has 2 N–H and O–H groups in total. The van der Waals surface area contributed by atoms with Gasteiger partial charge in [0.05, 0.1) is 6.54 Å². The van der Waals surface area contributed by atoms with Crippen LogP contribution in [0.3, 0.4) is 0 Å². The molecule has 1 heterocycles. The molecule has 2 rings (SSSR count). The van der Waals surface area contributed by atoms with E-state index in [0.717, 1.165) is 24.5 Å². The number of nitrogens with one attached hydrogen (secondary N) is 2. The number of hydrogen-bond acceptors (Lipinski definition) is 2. The van der Waals surface area contributed by atoms with E-state index in [9.17, 15) is 4.39 Å². The minimum absolute atomic E-state index is 0. The molecular formula is C17H23FIN3S. The van der Waals surface area contributed by atoms with Crippen LogP contribution >= 0.6 is 35.3 Å². The Morgan fingerprint density at radius 1 is 1.13 bits per heavy atom. The van der Waals surface area contributed by atoms with E-state index in [1.54, 1.807) is 13.1 Å². The molecule has 1 aromatic heterocycles. The van der Waals surface area contributed by atoms with Crippen molar-refractivity contribution < 1.29 is 4.39 Å². The molecule has 0 radical (unpaired) electrons. The third kappa shape index (κ3) is 6.47. The Labute approximate surface area is 158 Å². The summed E-state index contributed by atoms with van der Waals surface area (Å²) in [5.41, 5.74) is 0.719. The summed E-state index contributed by atoms with van der Waals surface area (Å²) in [7, 11) is 1.74. The minimum atomic E-state index is -0.155. The van der Waals surface area contributed by atoms with Crippen molar-refractivity contribution in [3.63, 3.8) is 0 Å². The first-order chi connectivity index (χ1) is 10.7. The van der Waals surface area contributed by atoms with Gasteiger partial charge in [-0.3, -0.25) is 4.99 Å². The second-order valence-electron chi connectivity index (χ2n) is 4.92. The van der Waals surface area contributed by atoms with Crippen molar-refractivity contribution in [3.05, 3.63) is 57.5 Å². The van der Waals surface area contributed by atoms with E-state index in [0.29, 0.717) is 13.0 Å². The van der Waals surface area contributed by atoms with E-state index in [1.807, 2.05) is 23.5 Å². The maximum atomic E-state index is 13.5. The molecule has 0 aliphatic carbocycles. The quantitative estimate of drug-likeness (QED) is 0.400. The number of benzene rings is 1. The smallest absolute Gasteiger partial charge is 0.191 e. The van der Waals surface area contributed by atoms with Crippen LogP contribution in [0.25, 0.3) is 0 Å². The zero-order valence-corrected chi connectivity index (χ0v) is 16.6. The van der Waals surface area contributed by atoms with Crippen molar-refractivity contribution >= 4 is 41.3 Å². The summed E-state index contributed by atoms with van der Waals surface area (Å²) in [6.07, 6.45) is 1.70. The van der Waals surface area contributed by atoms with Crippen molar-refractivity contribution in [1.82, 2.24) is 10.6 Å². The van der Waals surface area contributed by atoms with E-state index < -0.39 is 0 Å². The molecule has 0 unspecified atom stereocenters. The van der Waals surface area contributed by atoms with Gasteiger partial charge in [-0.25, -0.2) is 4.39 Å². The normalized spacial score (nSPS) is 11.0. The molecule has 0 spiro atoms. The van der Waals surface area contributed by atoms with Crippen LogP contribution in [0.15, 0.2) is 41.4 Å². The summed E-state index contributed by atoms with van der Waals surface area (Å²) in [6.45, 7) is 3.56. The first kappa shape index (κ1) is 19.9. The van der Waals surface area contributed by atoms with Gasteiger partial charge in [0, 0.05) is 23.3 Å². The molecule has 1 aromatic carbocycles. The number of rotatable bonds is 6. The van der Waals surface area contributed by atoms with E-state index in [-0.39, 0.29) is 29.8 Å². The molecule has 3 nitrogen and oxygen atoms in total. The summed E-state index contributed by atoms with van der Waals surface area (Å²) in [5, 5.41) is 6.49. The van der Waals surface area contributed by atoms with Crippen molar-refractivity contribution in [1.29, 1.82) is 0 Å². The molecule has 0 saturated heterocycles. The lowest BCUT2D eigenvalue weighted by Crippen LogP contribution is -2.37. The number of aliphatic imine (C=N–C) groups is 1. The van der Waals surface area contributed by atoms with Crippen molar-refractivity contribution in [3.8, 4) is 0 Å². The summed E-state index contributed by atoms with van der Waals surface area (Å²) in [6, 6.07) is 11.2. The molecular weight excluding hydrogens is 424 g/mol. The van der Waals surface area contributed by atoms with Crippen molar-refractivity contribution in [2.24, 2.45) is 4.99 Å². The van der Waals surface area contributed by atoms with Gasteiger partial charge in [-0.05, 0) is 36.6 Å². The Balaban J connectivity index is 0.00000264. The van der Waals surface area contributed by atoms with Gasteiger partial charge in [0.15, 0.2) is 5.96 Å². The molecule has 0 saturated carbocycles. The zero-order valence-electron chi connectivity index (χ0n) is 13.4. The fourth-order valence-corrected chi connectivity index (χ4v) is 3.01. The number of hydrogen-bond donors (Lipinski definition) is 2. The molecule has 2 aromatic rings. The fourth-order valence-electron chi connectivity index (χ4n) is 2.12. The van der Waals surface area contributed by atoms with Crippen molar-refractivity contribution in [2.75, 3.05) is 13.6 Å². The van der Waals surface area contributed by atoms with Gasteiger partial charge in [-0.15, -0.1) is 35.3 Å². The predicted octanol–water partition coefficient (Wildman–Crippen LogP) is 3.98. The second kappa shape index (κ2) is 10.6. The van der Waals surface area contributed by atoms with E-state index in [1.165, 1.54) is 15.8 Å². The second-order valence-corrected chi connectivity index (χ2v) is 6.17. The predicted molar refractivity (Wildman–Crippen MR) is 107 cm³/mol. The van der Waals surface area contributed by atoms with Crippen LogP contribution in [0.2, 0.25) is 0 Å². The SMILES string of the molecule is CCc1ccc(CNC(=NC)NCCc2ccccc2F)s1.I. The van der Waals surface area contributed by atoms with E-state index in [2.05, 4.69) is 34.7 Å². The average Bonchev–Trinajstić information content (AvgIpc) is 3.00. The Morgan fingerprint density at radius 3 is 2.52 bits per heavy atom. The highest BCUT2D eigenvalue weighted by Crippen LogP contribution is 2.16. The Bertz CT molecular complexity index is 628. The average molecular weight is 447 g/mol. The Hall–Kier alpha value is -1.15. The van der Waals surface area contributed by atoms with Gasteiger partial charge >= 0.3 is 0 Å². The lowest BCUT2D eigenvalue weighted by Gasteiger charge is -2.11. The minimum Gasteiger partial charge on any atom is -0.356 e. The number of aryl methyl sites for hydroxylation is 1. The van der Waals surface area contributed by atoms with Gasteiger partial charge in [-0.1, -0.05) is 25.1 Å². The summed E-state index contributed by atoms with van der Waals surface area (Å²) >= 11 is 1.81. The third-order valence-corrected chi connectivity index (χ3v) is 4.59. The van der Waals surface area contributed by atoms with Gasteiger partial charge < -0.3 is 10.6 Å². The van der Waals surface area contributed by atoms with Crippen LogP contribution in [0.5, 0.6) is 0 Å². The standard InChI is InChI=1S/C17H22FN3S.HI/c1-3-14-8-9-15(22-14)12-21-17(19-2)20-11-10-13-6-4-5-7-16(13)18;/h4-9H,3,10-12H2,1-2H3,(H2,19,20,21);1H. The summed E-state index contributed by atoms with van der Waals surface area (Å²) in [5.74, 6) is 0.584. The highest BCUT2D eigenvalue weighted by Gasteiger charge is 2.03. The van der Waals surface area contributed by atoms with Gasteiger partial charge in [0.25, 0.3) is 0 Å². The first-order valence-electron chi connectivity index (χ1n) is 7.48. The highest BCUT2D eigenvalue weighted by molar-refractivity contribution is 14.0. The molecule has 6 heteroatoms. The number of halogens is 2. The first-order valence-corrected chi connectivity index (χ1v) is 8.30. The van der Waals surface area contributed by atoms with Crippen LogP contribution in [0, 0.1) is 5.82 Å². The maximum absolute atomic E-state index is 13.5. The third-order valence-electron chi connectivity index (χ3n) is 3.36. The van der Waals surface area contributed by atoms with Crippen LogP contribution in [0.4, 0.5) is 4.39 Å². The summed E-state index contributed by atoms with van der Waals surface area (Å²) < 4.78 is 13.5. The monoisotopic (exact) mass is 447 g/mol. The number of guanidine groups is 1. The molecule has 0 atom stereocenters. The molecule has 23 heavy (non-hydrogen) atoms. The van der Waals surface area contributed by atoms with Gasteiger partial charge in [-0.2, -0.15) is 0 Å². The highest BCUT2D eigenvalue weighted by atomic mass is 127. The lowest BCUT2D eigenvalue weighted by atomic mass is 10.1. The number of nitrogens with zero attached hydrogens (tertiary/aromatic N) is 1. The van der Waals surface area contributed by atoms with Crippen molar-refractivity contribution in [2.45, 2.75) is 26.3 Å². The van der Waals surface area contributed by atoms with Gasteiger partial charge in [0.2, 0.25) is 0 Å². The fraction of sp³-hybridized carbons (Fsp3) is 0.353. The summed E-state index contributed by atoms with van der Waals surface area (Å²) in [4.78, 5) is 6.86. The lowest BCUT2D eigenvalue weighted by molar-refractivity contribution is 0.607. The van der Waals surface area contributed by atoms with E-state index in [4.69, 9.17) is 0 Å².